The van der Waals surface area contributed by atoms with Crippen molar-refractivity contribution in [3.05, 3.63) is 34.5 Å². The Morgan fingerprint density at radius 1 is 1.40 bits per heavy atom. The fourth-order valence-corrected chi connectivity index (χ4v) is 2.20. The van der Waals surface area contributed by atoms with Gasteiger partial charge in [0.1, 0.15) is 6.04 Å². The maximum absolute atomic E-state index is 12.1. The molecule has 1 aliphatic heterocycles. The number of hydrogen-bond donors (Lipinski definition) is 3. The summed E-state index contributed by atoms with van der Waals surface area (Å²) < 4.78 is 0. The maximum Gasteiger partial charge on any atom is 0.251 e. The van der Waals surface area contributed by atoms with Crippen LogP contribution in [0.2, 0.25) is 0 Å². The van der Waals surface area contributed by atoms with Gasteiger partial charge in [-0.2, -0.15) is 0 Å². The van der Waals surface area contributed by atoms with Crippen LogP contribution in [0.1, 0.15) is 19.3 Å². The third kappa shape index (κ3) is 3.48. The van der Waals surface area contributed by atoms with Crippen LogP contribution in [-0.2, 0) is 14.4 Å². The summed E-state index contributed by atoms with van der Waals surface area (Å²) in [7, 11) is 0. The van der Waals surface area contributed by atoms with E-state index in [1.54, 1.807) is 12.2 Å². The number of amides is 3. The molecule has 0 aromatic carbocycles. The first kappa shape index (κ1) is 14.3. The minimum absolute atomic E-state index is 0.208. The summed E-state index contributed by atoms with van der Waals surface area (Å²) in [4.78, 5) is 34.7. The predicted molar refractivity (Wildman–Crippen MR) is 73.2 cm³/mol. The van der Waals surface area contributed by atoms with E-state index in [2.05, 4.69) is 10.6 Å². The van der Waals surface area contributed by atoms with Crippen LogP contribution in [0.25, 0.3) is 0 Å². The van der Waals surface area contributed by atoms with Gasteiger partial charge in [-0.25, -0.2) is 0 Å². The fourth-order valence-electron chi connectivity index (χ4n) is 1.93. The fraction of sp³-hybridized carbons (Fsp3) is 0.308. The molecule has 4 N–H and O–H groups in total. The Bertz CT molecular complexity index is 563. The largest absolute Gasteiger partial charge is 0.402 e. The number of carbonyl (C=O) groups is 3. The van der Waals surface area contributed by atoms with Gasteiger partial charge in [0.25, 0.3) is 5.91 Å². The van der Waals surface area contributed by atoms with Crippen molar-refractivity contribution in [3.8, 4) is 0 Å². The molecule has 0 aromatic rings. The number of hydrogen-bond acceptors (Lipinski definition) is 4. The lowest BCUT2D eigenvalue weighted by Crippen LogP contribution is -2.52. The molecule has 2 aliphatic rings. The zero-order valence-corrected chi connectivity index (χ0v) is 11.4. The van der Waals surface area contributed by atoms with Gasteiger partial charge in [0, 0.05) is 29.1 Å². The third-order valence-electron chi connectivity index (χ3n) is 2.97. The summed E-state index contributed by atoms with van der Waals surface area (Å²) >= 11 is 5.94. The highest BCUT2D eigenvalue weighted by atomic mass is 35.5. The van der Waals surface area contributed by atoms with Gasteiger partial charge < -0.3 is 11.1 Å². The van der Waals surface area contributed by atoms with E-state index in [1.165, 1.54) is 6.08 Å². The van der Waals surface area contributed by atoms with Crippen LogP contribution in [0.15, 0.2) is 34.5 Å². The van der Waals surface area contributed by atoms with Crippen molar-refractivity contribution in [3.63, 3.8) is 0 Å². The summed E-state index contributed by atoms with van der Waals surface area (Å²) in [5.41, 5.74) is 6.54. The third-order valence-corrected chi connectivity index (χ3v) is 3.21. The number of halogens is 1. The quantitative estimate of drug-likeness (QED) is 0.634. The average Bonchev–Trinajstić information content (AvgIpc) is 2.53. The van der Waals surface area contributed by atoms with Crippen LogP contribution >= 0.6 is 11.6 Å². The highest BCUT2D eigenvalue weighted by molar-refractivity contribution is 6.30. The van der Waals surface area contributed by atoms with E-state index in [4.69, 9.17) is 17.3 Å². The molecule has 0 bridgehead atoms. The molecule has 1 unspecified atom stereocenters. The van der Waals surface area contributed by atoms with Gasteiger partial charge >= 0.3 is 0 Å². The van der Waals surface area contributed by atoms with Gasteiger partial charge in [-0.15, -0.1) is 0 Å². The van der Waals surface area contributed by atoms with E-state index in [9.17, 15) is 14.4 Å². The summed E-state index contributed by atoms with van der Waals surface area (Å²) in [5.74, 6) is -1.25. The molecule has 106 valence electrons. The zero-order chi connectivity index (χ0) is 14.7. The van der Waals surface area contributed by atoms with Gasteiger partial charge in [-0.3, -0.25) is 19.7 Å². The molecular weight excluding hydrogens is 282 g/mol. The predicted octanol–water partition coefficient (Wildman–Crippen LogP) is 0.203. The van der Waals surface area contributed by atoms with Crippen molar-refractivity contribution in [1.29, 1.82) is 0 Å². The highest BCUT2D eigenvalue weighted by Crippen LogP contribution is 2.18. The first-order chi connectivity index (χ1) is 9.45. The van der Waals surface area contributed by atoms with Crippen molar-refractivity contribution in [2.24, 2.45) is 5.73 Å². The first-order valence-corrected chi connectivity index (χ1v) is 6.50. The lowest BCUT2D eigenvalue weighted by atomic mass is 10.1. The van der Waals surface area contributed by atoms with E-state index in [0.29, 0.717) is 29.1 Å². The Balaban J connectivity index is 2.07. The van der Waals surface area contributed by atoms with Crippen LogP contribution in [0.4, 0.5) is 0 Å². The molecule has 3 amide bonds. The number of nitrogens with two attached hydrogens (primary N) is 1. The number of piperidine rings is 1. The van der Waals surface area contributed by atoms with E-state index in [0.717, 1.165) is 0 Å². The second kappa shape index (κ2) is 5.92. The first-order valence-electron chi connectivity index (χ1n) is 6.12. The molecule has 0 aromatic heterocycles. The maximum atomic E-state index is 12.1. The number of nitrogens with one attached hydrogen (secondary N) is 2. The van der Waals surface area contributed by atoms with E-state index < -0.39 is 17.9 Å². The average molecular weight is 296 g/mol. The Morgan fingerprint density at radius 2 is 2.15 bits per heavy atom. The van der Waals surface area contributed by atoms with Crippen molar-refractivity contribution < 1.29 is 14.4 Å². The van der Waals surface area contributed by atoms with Crippen LogP contribution in [-0.4, -0.2) is 23.8 Å². The normalized spacial score (nSPS) is 23.1. The smallest absolute Gasteiger partial charge is 0.251 e. The Kier molecular flexibility index (Phi) is 4.24. The van der Waals surface area contributed by atoms with Gasteiger partial charge in [0.05, 0.1) is 0 Å². The minimum atomic E-state index is -0.710. The molecule has 1 heterocycles. The molecule has 1 atom stereocenters. The second-order valence-corrected chi connectivity index (χ2v) is 5.09. The van der Waals surface area contributed by atoms with E-state index in [-0.39, 0.29) is 12.3 Å². The standard InChI is InChI=1S/C13H14ClN3O3/c14-8-5-7(1-2-9(15)6-8)12(19)16-10-3-4-11(18)17-13(10)20/h1-2,5,10H,3-4,6,15H2,(H,16,19)(H,17,18,20). The van der Waals surface area contributed by atoms with E-state index >= 15 is 0 Å². The van der Waals surface area contributed by atoms with Crippen LogP contribution in [0, 0.1) is 0 Å². The SMILES string of the molecule is NC1=CC=C(C(=O)NC2CCC(=O)NC2=O)C=C(Cl)C1. The monoisotopic (exact) mass is 295 g/mol. The van der Waals surface area contributed by atoms with Gasteiger partial charge in [0.15, 0.2) is 0 Å². The Hall–Kier alpha value is -2.08. The lowest BCUT2D eigenvalue weighted by Gasteiger charge is -2.21. The zero-order valence-electron chi connectivity index (χ0n) is 10.6. The van der Waals surface area contributed by atoms with Crippen molar-refractivity contribution in [1.82, 2.24) is 10.6 Å². The second-order valence-electron chi connectivity index (χ2n) is 4.61. The summed E-state index contributed by atoms with van der Waals surface area (Å²) in [6, 6.07) is -0.710. The lowest BCUT2D eigenvalue weighted by molar-refractivity contribution is -0.136. The van der Waals surface area contributed by atoms with Crippen molar-refractivity contribution >= 4 is 29.3 Å². The molecule has 1 fully saturated rings. The molecule has 20 heavy (non-hydrogen) atoms. The number of carbonyl (C=O) groups excluding carboxylic acids is 3. The molecule has 1 saturated heterocycles. The van der Waals surface area contributed by atoms with Crippen molar-refractivity contribution in [2.45, 2.75) is 25.3 Å². The number of rotatable bonds is 2. The van der Waals surface area contributed by atoms with Gasteiger partial charge in [-0.05, 0) is 24.6 Å². The molecule has 6 nitrogen and oxygen atoms in total. The molecule has 0 radical (unpaired) electrons. The van der Waals surface area contributed by atoms with Crippen molar-refractivity contribution in [2.75, 3.05) is 0 Å². The minimum Gasteiger partial charge on any atom is -0.402 e. The van der Waals surface area contributed by atoms with Crippen LogP contribution in [0.3, 0.4) is 0 Å². The van der Waals surface area contributed by atoms with E-state index in [1.807, 2.05) is 0 Å². The molecular formula is C13H14ClN3O3. The molecule has 0 saturated carbocycles. The number of allylic oxidation sites excluding steroid dienone is 3. The molecule has 7 heteroatoms. The topological polar surface area (TPSA) is 101 Å². The van der Waals surface area contributed by atoms with Gasteiger partial charge in [0.2, 0.25) is 11.8 Å². The molecule has 2 rings (SSSR count). The molecule has 0 spiro atoms. The summed E-state index contributed by atoms with van der Waals surface area (Å²) in [6.07, 6.45) is 5.54. The Morgan fingerprint density at radius 3 is 2.85 bits per heavy atom. The summed E-state index contributed by atoms with van der Waals surface area (Å²) in [6.45, 7) is 0. The summed E-state index contributed by atoms with van der Waals surface area (Å²) in [5, 5.41) is 5.20. The Labute approximate surface area is 120 Å². The number of imide groups is 1. The highest BCUT2D eigenvalue weighted by Gasteiger charge is 2.28. The van der Waals surface area contributed by atoms with Crippen LogP contribution in [0.5, 0.6) is 0 Å². The van der Waals surface area contributed by atoms with Gasteiger partial charge in [-0.1, -0.05) is 11.6 Å². The van der Waals surface area contributed by atoms with Crippen LogP contribution < -0.4 is 16.4 Å². The molecule has 1 aliphatic carbocycles.